The molecule has 1 aliphatic rings. The molecule has 0 bridgehead atoms. The molecule has 0 aromatic carbocycles. The predicted octanol–water partition coefficient (Wildman–Crippen LogP) is 4.25. The molecule has 0 amide bonds. The highest BCUT2D eigenvalue weighted by Crippen LogP contribution is 2.46. The number of hydrogen-bond acceptors (Lipinski definition) is 3. The second-order valence-electron chi connectivity index (χ2n) is 8.31. The van der Waals surface area contributed by atoms with Gasteiger partial charge in [0.1, 0.15) is 5.01 Å². The van der Waals surface area contributed by atoms with Gasteiger partial charge in [0.15, 0.2) is 5.96 Å². The van der Waals surface area contributed by atoms with E-state index in [-0.39, 0.29) is 34.9 Å². The fourth-order valence-corrected chi connectivity index (χ4v) is 3.55. The van der Waals surface area contributed by atoms with Gasteiger partial charge in [0.05, 0.1) is 12.2 Å². The average molecular weight is 450 g/mol. The lowest BCUT2D eigenvalue weighted by atomic mass is 9.65. The molecule has 23 heavy (non-hydrogen) atoms. The van der Waals surface area contributed by atoms with Gasteiger partial charge < -0.3 is 10.2 Å². The number of aromatic nitrogens is 1. The zero-order valence-electron chi connectivity index (χ0n) is 15.6. The van der Waals surface area contributed by atoms with Crippen LogP contribution in [0.5, 0.6) is 0 Å². The van der Waals surface area contributed by atoms with Crippen molar-refractivity contribution in [1.29, 1.82) is 0 Å². The lowest BCUT2D eigenvalue weighted by Gasteiger charge is -2.62. The van der Waals surface area contributed by atoms with E-state index in [0.717, 1.165) is 29.8 Å². The second-order valence-corrected chi connectivity index (χ2v) is 9.25. The van der Waals surface area contributed by atoms with Crippen molar-refractivity contribution in [3.63, 3.8) is 0 Å². The normalized spacial score (nSPS) is 19.8. The first-order chi connectivity index (χ1) is 9.99. The number of rotatable bonds is 2. The first-order valence-electron chi connectivity index (χ1n) is 7.92. The molecule has 0 spiro atoms. The van der Waals surface area contributed by atoms with E-state index in [1.165, 1.54) is 0 Å². The minimum Gasteiger partial charge on any atom is -0.350 e. The minimum atomic E-state index is 0. The fourth-order valence-electron chi connectivity index (χ4n) is 2.59. The molecule has 2 rings (SSSR count). The quantitative estimate of drug-likeness (QED) is 0.416. The lowest BCUT2D eigenvalue weighted by molar-refractivity contribution is -0.0667. The number of hydrogen-bond donors (Lipinski definition) is 1. The van der Waals surface area contributed by atoms with Crippen LogP contribution in [0.4, 0.5) is 0 Å². The average Bonchev–Trinajstić information content (AvgIpc) is 2.87. The summed E-state index contributed by atoms with van der Waals surface area (Å²) in [4.78, 5) is 11.5. The summed E-state index contributed by atoms with van der Waals surface area (Å²) in [5.41, 5.74) is 1.70. The van der Waals surface area contributed by atoms with E-state index < -0.39 is 0 Å². The highest BCUT2D eigenvalue weighted by Gasteiger charge is 2.53. The van der Waals surface area contributed by atoms with E-state index in [0.29, 0.717) is 5.41 Å². The molecule has 132 valence electrons. The van der Waals surface area contributed by atoms with Crippen LogP contribution in [0.3, 0.4) is 0 Å². The van der Waals surface area contributed by atoms with E-state index in [4.69, 9.17) is 4.98 Å². The molecule has 0 aliphatic carbocycles. The molecule has 1 saturated heterocycles. The van der Waals surface area contributed by atoms with Crippen LogP contribution in [-0.2, 0) is 12.0 Å². The highest BCUT2D eigenvalue weighted by molar-refractivity contribution is 14.0. The molecule has 1 aliphatic heterocycles. The first kappa shape index (κ1) is 20.7. The van der Waals surface area contributed by atoms with Crippen LogP contribution in [0.15, 0.2) is 10.4 Å². The fraction of sp³-hybridized carbons (Fsp3) is 0.765. The third kappa shape index (κ3) is 4.00. The summed E-state index contributed by atoms with van der Waals surface area (Å²) in [5, 5.41) is 6.75. The number of thiazole rings is 1. The number of nitrogens with zero attached hydrogens (tertiary/aromatic N) is 3. The van der Waals surface area contributed by atoms with Gasteiger partial charge in [0.2, 0.25) is 0 Å². The molecule has 1 aromatic rings. The Balaban J connectivity index is 0.00000264. The van der Waals surface area contributed by atoms with Gasteiger partial charge in [-0.15, -0.1) is 35.3 Å². The Kier molecular flexibility index (Phi) is 6.17. The zero-order valence-corrected chi connectivity index (χ0v) is 18.8. The Bertz CT molecular complexity index is 569. The Hall–Kier alpha value is -0.370. The maximum Gasteiger partial charge on any atom is 0.194 e. The molecule has 0 unspecified atom stereocenters. The van der Waals surface area contributed by atoms with Gasteiger partial charge in [-0.05, 0) is 13.8 Å². The van der Waals surface area contributed by atoms with Crippen molar-refractivity contribution in [3.05, 3.63) is 16.1 Å². The topological polar surface area (TPSA) is 40.5 Å². The van der Waals surface area contributed by atoms with Crippen LogP contribution in [0.2, 0.25) is 0 Å². The summed E-state index contributed by atoms with van der Waals surface area (Å²) in [6, 6.07) is 0. The molecule has 1 fully saturated rings. The van der Waals surface area contributed by atoms with Crippen LogP contribution in [0.25, 0.3) is 0 Å². The van der Waals surface area contributed by atoms with E-state index >= 15 is 0 Å². The van der Waals surface area contributed by atoms with Crippen molar-refractivity contribution in [1.82, 2.24) is 15.2 Å². The molecule has 0 saturated carbocycles. The summed E-state index contributed by atoms with van der Waals surface area (Å²) in [7, 11) is 1.85. The van der Waals surface area contributed by atoms with Crippen molar-refractivity contribution < 1.29 is 0 Å². The number of halogens is 1. The van der Waals surface area contributed by atoms with Crippen LogP contribution in [0, 0.1) is 5.41 Å². The lowest BCUT2D eigenvalue weighted by Crippen LogP contribution is -2.72. The Morgan fingerprint density at radius 2 is 1.96 bits per heavy atom. The van der Waals surface area contributed by atoms with Gasteiger partial charge in [-0.25, -0.2) is 4.98 Å². The molecule has 0 atom stereocenters. The van der Waals surface area contributed by atoms with Crippen LogP contribution in [-0.4, -0.2) is 35.0 Å². The van der Waals surface area contributed by atoms with Gasteiger partial charge in [-0.1, -0.05) is 34.6 Å². The van der Waals surface area contributed by atoms with E-state index in [1.54, 1.807) is 11.3 Å². The van der Waals surface area contributed by atoms with Gasteiger partial charge in [0, 0.05) is 35.3 Å². The summed E-state index contributed by atoms with van der Waals surface area (Å²) in [6.45, 7) is 17.6. The molecule has 1 N–H and O–H groups in total. The second kappa shape index (κ2) is 6.86. The molecule has 0 radical (unpaired) electrons. The van der Waals surface area contributed by atoms with E-state index in [1.807, 2.05) is 7.05 Å². The Labute approximate surface area is 162 Å². The number of likely N-dealkylation sites (tertiary alicyclic amines) is 1. The van der Waals surface area contributed by atoms with Crippen molar-refractivity contribution in [3.8, 4) is 0 Å². The first-order valence-corrected chi connectivity index (χ1v) is 8.80. The van der Waals surface area contributed by atoms with Crippen molar-refractivity contribution >= 4 is 41.3 Å². The largest absolute Gasteiger partial charge is 0.350 e. The van der Waals surface area contributed by atoms with E-state index in [9.17, 15) is 0 Å². The maximum atomic E-state index is 4.74. The Morgan fingerprint density at radius 1 is 1.35 bits per heavy atom. The standard InChI is InChI=1S/C17H30N4S.HI/c1-15(2,3)12-10-22-13(20-12)9-19-14(18-8)21-11-16(4,5)17(21,6)7;/h10H,9,11H2,1-8H3,(H,18,19);1H. The maximum absolute atomic E-state index is 4.74. The van der Waals surface area contributed by atoms with Crippen LogP contribution < -0.4 is 5.32 Å². The molecule has 4 nitrogen and oxygen atoms in total. The number of guanidine groups is 1. The monoisotopic (exact) mass is 450 g/mol. The zero-order chi connectivity index (χ0) is 16.8. The highest BCUT2D eigenvalue weighted by atomic mass is 127. The van der Waals surface area contributed by atoms with Crippen LogP contribution in [0.1, 0.15) is 59.2 Å². The molecule has 2 heterocycles. The van der Waals surface area contributed by atoms with Gasteiger partial charge in [-0.3, -0.25) is 4.99 Å². The Morgan fingerprint density at radius 3 is 2.35 bits per heavy atom. The van der Waals surface area contributed by atoms with E-state index in [2.05, 4.69) is 69.1 Å². The van der Waals surface area contributed by atoms with Crippen molar-refractivity contribution in [2.24, 2.45) is 10.4 Å². The predicted molar refractivity (Wildman–Crippen MR) is 111 cm³/mol. The SMILES string of the molecule is CN=C(NCc1nc(C(C)(C)C)cs1)N1CC(C)(C)C1(C)C.I. The molecular weight excluding hydrogens is 419 g/mol. The van der Waals surface area contributed by atoms with Gasteiger partial charge >= 0.3 is 0 Å². The van der Waals surface area contributed by atoms with Gasteiger partial charge in [0.25, 0.3) is 0 Å². The molecular formula is C17H31IN4S. The number of aliphatic imine (C=N–C) groups is 1. The van der Waals surface area contributed by atoms with Crippen LogP contribution >= 0.6 is 35.3 Å². The third-order valence-corrected chi connectivity index (χ3v) is 5.92. The summed E-state index contributed by atoms with van der Waals surface area (Å²) >= 11 is 1.72. The minimum absolute atomic E-state index is 0. The smallest absolute Gasteiger partial charge is 0.194 e. The number of nitrogens with one attached hydrogen (secondary N) is 1. The summed E-state index contributed by atoms with van der Waals surface area (Å²) < 4.78 is 0. The van der Waals surface area contributed by atoms with Crippen molar-refractivity contribution in [2.45, 2.75) is 66.0 Å². The third-order valence-electron chi connectivity index (χ3n) is 5.07. The summed E-state index contributed by atoms with van der Waals surface area (Å²) in [6.07, 6.45) is 0. The van der Waals surface area contributed by atoms with Gasteiger partial charge in [-0.2, -0.15) is 0 Å². The summed E-state index contributed by atoms with van der Waals surface area (Å²) in [5.74, 6) is 0.969. The molecule has 1 aromatic heterocycles. The molecule has 6 heteroatoms. The van der Waals surface area contributed by atoms with Crippen molar-refractivity contribution in [2.75, 3.05) is 13.6 Å².